The van der Waals surface area contributed by atoms with E-state index in [4.69, 9.17) is 11.6 Å². The highest BCUT2D eigenvalue weighted by Crippen LogP contribution is 2.30. The smallest absolute Gasteiger partial charge is 0.288 e. The molecular formula is C16H15ClN2O3. The lowest BCUT2D eigenvalue weighted by Gasteiger charge is -2.07. The molecule has 0 radical (unpaired) electrons. The molecule has 0 bridgehead atoms. The fourth-order valence-corrected chi connectivity index (χ4v) is 2.08. The van der Waals surface area contributed by atoms with Crippen molar-refractivity contribution >= 4 is 29.2 Å². The number of phenols is 1. The van der Waals surface area contributed by atoms with E-state index in [1.807, 2.05) is 19.9 Å². The van der Waals surface area contributed by atoms with E-state index in [9.17, 15) is 15.2 Å². The van der Waals surface area contributed by atoms with E-state index in [1.165, 1.54) is 18.3 Å². The molecule has 6 heteroatoms. The number of nitro groups is 1. The van der Waals surface area contributed by atoms with Crippen LogP contribution in [0.4, 0.5) is 11.4 Å². The summed E-state index contributed by atoms with van der Waals surface area (Å²) in [6.45, 7) is 4.09. The first kappa shape index (κ1) is 16.0. The van der Waals surface area contributed by atoms with Crippen LogP contribution in [-0.4, -0.2) is 16.2 Å². The molecule has 0 saturated carbocycles. The summed E-state index contributed by atoms with van der Waals surface area (Å²) in [6.07, 6.45) is 1.46. The first-order chi connectivity index (χ1) is 10.4. The van der Waals surface area contributed by atoms with Crippen LogP contribution in [0.3, 0.4) is 0 Å². The van der Waals surface area contributed by atoms with Crippen LogP contribution < -0.4 is 0 Å². The van der Waals surface area contributed by atoms with Gasteiger partial charge in [-0.3, -0.25) is 15.1 Å². The molecule has 0 atom stereocenters. The lowest BCUT2D eigenvalue weighted by atomic mass is 10.0. The van der Waals surface area contributed by atoms with E-state index in [2.05, 4.69) is 4.99 Å². The van der Waals surface area contributed by atoms with Crippen molar-refractivity contribution in [3.63, 3.8) is 0 Å². The fraction of sp³-hybridized carbons (Fsp3) is 0.188. The molecule has 2 aromatic carbocycles. The molecule has 0 amide bonds. The summed E-state index contributed by atoms with van der Waals surface area (Å²) in [6, 6.07) is 9.64. The molecule has 2 rings (SSSR count). The van der Waals surface area contributed by atoms with Crippen molar-refractivity contribution < 1.29 is 10.0 Å². The zero-order valence-corrected chi connectivity index (χ0v) is 12.9. The Bertz CT molecular complexity index is 742. The zero-order chi connectivity index (χ0) is 16.3. The molecule has 0 unspecified atom stereocenters. The highest BCUT2D eigenvalue weighted by molar-refractivity contribution is 6.32. The van der Waals surface area contributed by atoms with Crippen LogP contribution in [0, 0.1) is 10.1 Å². The highest BCUT2D eigenvalue weighted by atomic mass is 35.5. The summed E-state index contributed by atoms with van der Waals surface area (Å²) < 4.78 is 0. The number of phenolic OH excluding ortho intramolecular Hbond substituents is 1. The van der Waals surface area contributed by atoms with Gasteiger partial charge in [-0.15, -0.1) is 0 Å². The maximum Gasteiger partial charge on any atom is 0.288 e. The third-order valence-corrected chi connectivity index (χ3v) is 3.51. The van der Waals surface area contributed by atoms with Crippen molar-refractivity contribution in [2.24, 2.45) is 4.99 Å². The Balaban J connectivity index is 2.34. The second-order valence-electron chi connectivity index (χ2n) is 5.13. The Hall–Kier alpha value is -2.40. The van der Waals surface area contributed by atoms with Crippen molar-refractivity contribution in [2.45, 2.75) is 19.8 Å². The third-order valence-electron chi connectivity index (χ3n) is 3.19. The van der Waals surface area contributed by atoms with Crippen LogP contribution in [0.2, 0.25) is 5.02 Å². The monoisotopic (exact) mass is 318 g/mol. The van der Waals surface area contributed by atoms with E-state index < -0.39 is 4.92 Å². The normalized spacial score (nSPS) is 11.3. The van der Waals surface area contributed by atoms with Crippen molar-refractivity contribution in [3.8, 4) is 5.75 Å². The molecule has 114 valence electrons. The molecule has 0 spiro atoms. The third kappa shape index (κ3) is 3.62. The van der Waals surface area contributed by atoms with E-state index >= 15 is 0 Å². The topological polar surface area (TPSA) is 75.7 Å². The van der Waals surface area contributed by atoms with Gasteiger partial charge >= 0.3 is 0 Å². The minimum absolute atomic E-state index is 0.0594. The lowest BCUT2D eigenvalue weighted by molar-refractivity contribution is -0.384. The van der Waals surface area contributed by atoms with Gasteiger partial charge in [0, 0.05) is 12.3 Å². The maximum absolute atomic E-state index is 10.9. The summed E-state index contributed by atoms with van der Waals surface area (Å²) in [5.41, 5.74) is 1.83. The van der Waals surface area contributed by atoms with Crippen LogP contribution >= 0.6 is 11.6 Å². The van der Waals surface area contributed by atoms with Gasteiger partial charge in [-0.2, -0.15) is 0 Å². The highest BCUT2D eigenvalue weighted by Gasteiger charge is 2.12. The Morgan fingerprint density at radius 2 is 2.00 bits per heavy atom. The number of halogens is 1. The minimum Gasteiger partial charge on any atom is -0.506 e. The zero-order valence-electron chi connectivity index (χ0n) is 12.2. The molecule has 2 aromatic rings. The van der Waals surface area contributed by atoms with Gasteiger partial charge in [0.1, 0.15) is 16.5 Å². The molecular weight excluding hydrogens is 304 g/mol. The van der Waals surface area contributed by atoms with Crippen LogP contribution in [0.1, 0.15) is 30.9 Å². The number of hydrogen-bond donors (Lipinski definition) is 1. The molecule has 0 fully saturated rings. The number of nitro benzene ring substituents is 1. The van der Waals surface area contributed by atoms with E-state index in [1.54, 1.807) is 18.2 Å². The van der Waals surface area contributed by atoms with E-state index in [-0.39, 0.29) is 16.5 Å². The fourth-order valence-electron chi connectivity index (χ4n) is 1.90. The summed E-state index contributed by atoms with van der Waals surface area (Å²) in [5.74, 6) is 0.371. The molecule has 0 aromatic heterocycles. The number of nitrogens with zero attached hydrogens (tertiary/aromatic N) is 2. The Kier molecular flexibility index (Phi) is 4.78. The quantitative estimate of drug-likeness (QED) is 0.498. The second-order valence-corrected chi connectivity index (χ2v) is 5.54. The van der Waals surface area contributed by atoms with Gasteiger partial charge in [0.05, 0.1) is 4.92 Å². The Morgan fingerprint density at radius 1 is 1.27 bits per heavy atom. The molecule has 0 saturated heterocycles. The molecule has 0 heterocycles. The van der Waals surface area contributed by atoms with Gasteiger partial charge in [0.25, 0.3) is 5.69 Å². The van der Waals surface area contributed by atoms with Gasteiger partial charge in [-0.1, -0.05) is 37.6 Å². The van der Waals surface area contributed by atoms with Crippen LogP contribution in [0.5, 0.6) is 5.75 Å². The summed E-state index contributed by atoms with van der Waals surface area (Å²) in [4.78, 5) is 14.5. The lowest BCUT2D eigenvalue weighted by Crippen LogP contribution is -1.91. The number of aliphatic imine (C=N–C) groups is 1. The van der Waals surface area contributed by atoms with Gasteiger partial charge in [0.15, 0.2) is 0 Å². The number of hydrogen-bond acceptors (Lipinski definition) is 4. The van der Waals surface area contributed by atoms with Gasteiger partial charge in [-0.25, -0.2) is 0 Å². The van der Waals surface area contributed by atoms with E-state index in [0.29, 0.717) is 17.2 Å². The number of rotatable bonds is 4. The van der Waals surface area contributed by atoms with E-state index in [0.717, 1.165) is 5.56 Å². The van der Waals surface area contributed by atoms with Crippen molar-refractivity contribution in [3.05, 3.63) is 62.7 Å². The second kappa shape index (κ2) is 6.58. The van der Waals surface area contributed by atoms with Gasteiger partial charge in [0.2, 0.25) is 0 Å². The average Bonchev–Trinajstić information content (AvgIpc) is 2.47. The molecule has 0 aliphatic heterocycles. The van der Waals surface area contributed by atoms with Crippen LogP contribution in [0.25, 0.3) is 0 Å². The standard InChI is InChI=1S/C16H15ClN2O3/c1-10(2)12-4-6-16(20)14(8-12)18-9-11-3-5-13(17)15(7-11)19(21)22/h3-10,20H,1-2H3. The largest absolute Gasteiger partial charge is 0.506 e. The molecule has 1 N–H and O–H groups in total. The molecule has 22 heavy (non-hydrogen) atoms. The first-order valence-electron chi connectivity index (χ1n) is 6.69. The van der Waals surface area contributed by atoms with Crippen LogP contribution in [-0.2, 0) is 0 Å². The number of aromatic hydroxyl groups is 1. The first-order valence-corrected chi connectivity index (χ1v) is 7.07. The number of benzene rings is 2. The Labute approximate surface area is 133 Å². The summed E-state index contributed by atoms with van der Waals surface area (Å²) in [5, 5.41) is 20.8. The molecule has 0 aliphatic carbocycles. The van der Waals surface area contributed by atoms with Gasteiger partial charge in [-0.05, 0) is 35.2 Å². The van der Waals surface area contributed by atoms with Gasteiger partial charge < -0.3 is 5.11 Å². The van der Waals surface area contributed by atoms with Crippen LogP contribution in [0.15, 0.2) is 41.4 Å². The maximum atomic E-state index is 10.9. The average molecular weight is 319 g/mol. The predicted octanol–water partition coefficient (Wildman–Crippen LogP) is 4.83. The van der Waals surface area contributed by atoms with Crippen molar-refractivity contribution in [1.29, 1.82) is 0 Å². The summed E-state index contributed by atoms with van der Waals surface area (Å²) in [7, 11) is 0. The predicted molar refractivity (Wildman–Crippen MR) is 87.6 cm³/mol. The minimum atomic E-state index is -0.545. The molecule has 5 nitrogen and oxygen atoms in total. The van der Waals surface area contributed by atoms with Crippen molar-refractivity contribution in [2.75, 3.05) is 0 Å². The SMILES string of the molecule is CC(C)c1ccc(O)c(N=Cc2ccc(Cl)c([N+](=O)[O-])c2)c1. The Morgan fingerprint density at radius 3 is 2.64 bits per heavy atom. The molecule has 0 aliphatic rings. The van der Waals surface area contributed by atoms with Crippen molar-refractivity contribution in [1.82, 2.24) is 0 Å². The summed E-state index contributed by atoms with van der Waals surface area (Å²) >= 11 is 5.76.